The van der Waals surface area contributed by atoms with Crippen molar-refractivity contribution in [3.05, 3.63) is 40.5 Å². The van der Waals surface area contributed by atoms with E-state index in [0.29, 0.717) is 12.5 Å². The average molecular weight is 413 g/mol. The molecule has 0 spiro atoms. The first-order valence-corrected chi connectivity index (χ1v) is 8.15. The monoisotopic (exact) mass is 412 g/mol. The van der Waals surface area contributed by atoms with Crippen molar-refractivity contribution in [3.63, 3.8) is 0 Å². The predicted octanol–water partition coefficient (Wildman–Crippen LogP) is 6.12. The van der Waals surface area contributed by atoms with E-state index in [1.165, 1.54) is 6.07 Å². The fourth-order valence-electron chi connectivity index (χ4n) is 2.06. The molecule has 1 aromatic heterocycles. The number of hydrogen-bond donors (Lipinski definition) is 2. The molecule has 0 bridgehead atoms. The number of halogens is 7. The Balaban J connectivity index is 2.52. The van der Waals surface area contributed by atoms with Gasteiger partial charge in [-0.3, -0.25) is 0 Å². The molecule has 0 unspecified atom stereocenters. The summed E-state index contributed by atoms with van der Waals surface area (Å²) in [6.45, 7) is 3.50. The third kappa shape index (κ3) is 5.38. The Morgan fingerprint density at radius 2 is 1.74 bits per heavy atom. The van der Waals surface area contributed by atoms with Crippen molar-refractivity contribution in [3.8, 4) is 0 Å². The molecular weight excluding hydrogens is 398 g/mol. The number of benzene rings is 1. The summed E-state index contributed by atoms with van der Waals surface area (Å²) in [4.78, 5) is 7.22. The molecule has 0 aliphatic heterocycles. The number of nitrogens with one attached hydrogen (secondary N) is 2. The molecule has 1 aromatic carbocycles. The summed E-state index contributed by atoms with van der Waals surface area (Å²) < 4.78 is 78.8. The van der Waals surface area contributed by atoms with Crippen LogP contribution in [-0.4, -0.2) is 16.0 Å². The molecule has 1 atom stereocenters. The summed E-state index contributed by atoms with van der Waals surface area (Å²) in [6.07, 6.45) is -8.99. The highest BCUT2D eigenvalue weighted by Gasteiger charge is 2.36. The number of aromatic nitrogens is 2. The second kappa shape index (κ2) is 7.79. The van der Waals surface area contributed by atoms with E-state index in [4.69, 9.17) is 11.6 Å². The molecule has 27 heavy (non-hydrogen) atoms. The molecule has 0 radical (unpaired) electrons. The fourth-order valence-corrected chi connectivity index (χ4v) is 2.28. The van der Waals surface area contributed by atoms with Crippen molar-refractivity contribution in [2.24, 2.45) is 0 Å². The van der Waals surface area contributed by atoms with E-state index in [-0.39, 0.29) is 17.0 Å². The number of anilines is 3. The minimum absolute atomic E-state index is 0.243. The third-order valence-corrected chi connectivity index (χ3v) is 3.89. The second-order valence-corrected chi connectivity index (χ2v) is 6.11. The highest BCUT2D eigenvalue weighted by molar-refractivity contribution is 6.33. The van der Waals surface area contributed by atoms with Crippen LogP contribution in [0.1, 0.15) is 31.5 Å². The van der Waals surface area contributed by atoms with E-state index in [9.17, 15) is 26.3 Å². The minimum atomic E-state index is -4.81. The summed E-state index contributed by atoms with van der Waals surface area (Å²) in [5.41, 5.74) is -3.02. The predicted molar refractivity (Wildman–Crippen MR) is 90.1 cm³/mol. The first kappa shape index (κ1) is 21.1. The van der Waals surface area contributed by atoms with E-state index in [1.807, 2.05) is 0 Å². The lowest BCUT2D eigenvalue weighted by Crippen LogP contribution is -2.19. The standard InChI is InChI=1S/C16H15ClF6N4/c1-3-8(2)24-14-25-11(16(21,22)23)7-12(27-14)26-13-9(15(18,19)20)5-4-6-10(13)17/h4-8H,3H2,1-2H3,(H2,24,25,26,27)/t8-/m1/s1. The molecule has 1 heterocycles. The molecule has 0 aliphatic carbocycles. The molecule has 0 amide bonds. The molecule has 148 valence electrons. The Kier molecular flexibility index (Phi) is 6.08. The Morgan fingerprint density at radius 3 is 2.30 bits per heavy atom. The van der Waals surface area contributed by atoms with E-state index in [2.05, 4.69) is 20.6 Å². The van der Waals surface area contributed by atoms with Crippen molar-refractivity contribution < 1.29 is 26.3 Å². The van der Waals surface area contributed by atoms with Crippen LogP contribution in [0.4, 0.5) is 43.8 Å². The van der Waals surface area contributed by atoms with Crippen LogP contribution in [0.25, 0.3) is 0 Å². The highest BCUT2D eigenvalue weighted by atomic mass is 35.5. The van der Waals surface area contributed by atoms with Gasteiger partial charge in [0, 0.05) is 12.1 Å². The number of hydrogen-bond acceptors (Lipinski definition) is 4. The van der Waals surface area contributed by atoms with Crippen molar-refractivity contribution in [2.75, 3.05) is 10.6 Å². The van der Waals surface area contributed by atoms with Gasteiger partial charge in [-0.05, 0) is 25.5 Å². The van der Waals surface area contributed by atoms with Gasteiger partial charge in [-0.1, -0.05) is 24.6 Å². The van der Waals surface area contributed by atoms with Crippen LogP contribution in [0.5, 0.6) is 0 Å². The topological polar surface area (TPSA) is 49.8 Å². The summed E-state index contributed by atoms with van der Waals surface area (Å²) in [5, 5.41) is 4.61. The molecule has 0 saturated heterocycles. The number of nitrogens with zero attached hydrogens (tertiary/aromatic N) is 2. The summed E-state index contributed by atoms with van der Waals surface area (Å²) in [5.74, 6) is -0.830. The maximum atomic E-state index is 13.2. The van der Waals surface area contributed by atoms with Gasteiger partial charge < -0.3 is 10.6 Å². The average Bonchev–Trinajstić information content (AvgIpc) is 2.54. The van der Waals surface area contributed by atoms with Gasteiger partial charge in [0.25, 0.3) is 0 Å². The van der Waals surface area contributed by atoms with Crippen LogP contribution in [0.2, 0.25) is 5.02 Å². The molecule has 0 saturated carbocycles. The minimum Gasteiger partial charge on any atom is -0.352 e. The third-order valence-electron chi connectivity index (χ3n) is 3.58. The second-order valence-electron chi connectivity index (χ2n) is 5.70. The van der Waals surface area contributed by atoms with Crippen LogP contribution in [-0.2, 0) is 12.4 Å². The first-order valence-electron chi connectivity index (χ1n) is 7.77. The Morgan fingerprint density at radius 1 is 1.07 bits per heavy atom. The van der Waals surface area contributed by atoms with Crippen LogP contribution in [0.15, 0.2) is 24.3 Å². The van der Waals surface area contributed by atoms with Gasteiger partial charge in [0.1, 0.15) is 5.82 Å². The zero-order valence-electron chi connectivity index (χ0n) is 14.1. The van der Waals surface area contributed by atoms with Crippen LogP contribution >= 0.6 is 11.6 Å². The maximum absolute atomic E-state index is 13.2. The quantitative estimate of drug-likeness (QED) is 0.581. The molecule has 2 N–H and O–H groups in total. The summed E-state index contributed by atoms with van der Waals surface area (Å²) in [6, 6.07) is 3.31. The SMILES string of the molecule is CC[C@@H](C)Nc1nc(Nc2c(Cl)cccc2C(F)(F)F)cc(C(F)(F)F)n1. The largest absolute Gasteiger partial charge is 0.433 e. The van der Waals surface area contributed by atoms with E-state index < -0.39 is 35.1 Å². The maximum Gasteiger partial charge on any atom is 0.433 e. The van der Waals surface area contributed by atoms with Crippen LogP contribution < -0.4 is 10.6 Å². The Hall–Kier alpha value is -2.23. The number of alkyl halides is 6. The molecule has 0 fully saturated rings. The van der Waals surface area contributed by atoms with Crippen molar-refractivity contribution in [1.82, 2.24) is 9.97 Å². The van der Waals surface area contributed by atoms with Crippen molar-refractivity contribution in [1.29, 1.82) is 0 Å². The van der Waals surface area contributed by atoms with Crippen molar-refractivity contribution >= 4 is 29.1 Å². The molecule has 11 heteroatoms. The van der Waals surface area contributed by atoms with E-state index in [1.54, 1.807) is 13.8 Å². The number of para-hydroxylation sites is 1. The molecule has 4 nitrogen and oxygen atoms in total. The van der Waals surface area contributed by atoms with Gasteiger partial charge >= 0.3 is 12.4 Å². The lowest BCUT2D eigenvalue weighted by molar-refractivity contribution is -0.141. The summed E-state index contributed by atoms with van der Waals surface area (Å²) >= 11 is 5.82. The van der Waals surface area contributed by atoms with Crippen LogP contribution in [0, 0.1) is 0 Å². The van der Waals surface area contributed by atoms with E-state index >= 15 is 0 Å². The zero-order chi connectivity index (χ0) is 20.4. The lowest BCUT2D eigenvalue weighted by atomic mass is 10.1. The fraction of sp³-hybridized carbons (Fsp3) is 0.375. The van der Waals surface area contributed by atoms with Gasteiger partial charge in [0.2, 0.25) is 5.95 Å². The van der Waals surface area contributed by atoms with Crippen molar-refractivity contribution in [2.45, 2.75) is 38.7 Å². The van der Waals surface area contributed by atoms with Gasteiger partial charge in [-0.2, -0.15) is 31.3 Å². The zero-order valence-corrected chi connectivity index (χ0v) is 14.9. The van der Waals surface area contributed by atoms with E-state index in [0.717, 1.165) is 12.1 Å². The van der Waals surface area contributed by atoms with Gasteiger partial charge in [-0.15, -0.1) is 0 Å². The normalized spacial score (nSPS) is 13.4. The van der Waals surface area contributed by atoms with Gasteiger partial charge in [-0.25, -0.2) is 4.98 Å². The van der Waals surface area contributed by atoms with Gasteiger partial charge in [0.05, 0.1) is 16.3 Å². The highest BCUT2D eigenvalue weighted by Crippen LogP contribution is 2.40. The smallest absolute Gasteiger partial charge is 0.352 e. The first-order chi connectivity index (χ1) is 12.4. The van der Waals surface area contributed by atoms with Crippen LogP contribution in [0.3, 0.4) is 0 Å². The molecule has 2 rings (SSSR count). The molecule has 2 aromatic rings. The molecular formula is C16H15ClF6N4. The summed E-state index contributed by atoms with van der Waals surface area (Å²) in [7, 11) is 0. The van der Waals surface area contributed by atoms with Gasteiger partial charge in [0.15, 0.2) is 5.69 Å². The Labute approximate surface area is 156 Å². The Bertz CT molecular complexity index is 806. The molecule has 0 aliphatic rings. The number of rotatable bonds is 5. The lowest BCUT2D eigenvalue weighted by Gasteiger charge is -2.18.